The molecular weight excluding hydrogens is 403 g/mol. The van der Waals surface area contributed by atoms with Gasteiger partial charge in [-0.05, 0) is 38.8 Å². The number of nitrogens with zero attached hydrogens (tertiary/aromatic N) is 1. The molecule has 1 aromatic rings. The average molecular weight is 434 g/mol. The van der Waals surface area contributed by atoms with Gasteiger partial charge in [-0.3, -0.25) is 4.99 Å². The van der Waals surface area contributed by atoms with E-state index >= 15 is 0 Å². The summed E-state index contributed by atoms with van der Waals surface area (Å²) in [5, 5.41) is 10.1. The summed E-state index contributed by atoms with van der Waals surface area (Å²) < 4.78 is 5.36. The number of guanidine groups is 1. The fraction of sp³-hybridized carbons (Fsp3) is 0.588. The Morgan fingerprint density at radius 1 is 1.09 bits per heavy atom. The first-order chi connectivity index (χ1) is 10.5. The van der Waals surface area contributed by atoms with E-state index in [0.29, 0.717) is 0 Å². The van der Waals surface area contributed by atoms with Crippen LogP contribution in [0.1, 0.15) is 26.3 Å². The van der Waals surface area contributed by atoms with Crippen molar-refractivity contribution in [1.82, 2.24) is 16.0 Å². The van der Waals surface area contributed by atoms with E-state index in [-0.39, 0.29) is 29.5 Å². The average Bonchev–Trinajstić information content (AvgIpc) is 2.49. The van der Waals surface area contributed by atoms with Crippen LogP contribution in [0.3, 0.4) is 0 Å². The topological polar surface area (TPSA) is 57.7 Å². The van der Waals surface area contributed by atoms with Crippen LogP contribution < -0.4 is 20.7 Å². The molecule has 0 spiro atoms. The number of halogens is 1. The van der Waals surface area contributed by atoms with Gasteiger partial charge in [-0.1, -0.05) is 18.2 Å². The van der Waals surface area contributed by atoms with Crippen molar-refractivity contribution in [3.63, 3.8) is 0 Å². The zero-order chi connectivity index (χ0) is 16.4. The zero-order valence-electron chi connectivity index (χ0n) is 14.9. The van der Waals surface area contributed by atoms with Crippen molar-refractivity contribution in [1.29, 1.82) is 0 Å². The second-order valence-corrected chi connectivity index (χ2v) is 6.16. The standard InChI is InChI=1S/C17H30N4O.HI/c1-17(2,3)21-13-12-20-16(18-4)19-11-10-14-8-6-7-9-15(14)22-5;/h6-9,21H,10-13H2,1-5H3,(H2,18,19,20);1H. The molecule has 0 fully saturated rings. The summed E-state index contributed by atoms with van der Waals surface area (Å²) >= 11 is 0. The van der Waals surface area contributed by atoms with Crippen LogP contribution in [0.2, 0.25) is 0 Å². The number of hydrogen-bond acceptors (Lipinski definition) is 3. The third-order valence-electron chi connectivity index (χ3n) is 3.18. The van der Waals surface area contributed by atoms with Crippen molar-refractivity contribution < 1.29 is 4.74 Å². The SMILES string of the molecule is CN=C(NCCNC(C)(C)C)NCCc1ccccc1OC.I. The van der Waals surface area contributed by atoms with Crippen LogP contribution >= 0.6 is 24.0 Å². The molecule has 0 atom stereocenters. The Kier molecular flexibility index (Phi) is 11.0. The number of rotatable bonds is 7. The number of hydrogen-bond donors (Lipinski definition) is 3. The molecule has 6 heteroatoms. The smallest absolute Gasteiger partial charge is 0.191 e. The van der Waals surface area contributed by atoms with Crippen LogP contribution in [0.4, 0.5) is 0 Å². The Morgan fingerprint density at radius 3 is 2.35 bits per heavy atom. The van der Waals surface area contributed by atoms with Gasteiger partial charge in [0, 0.05) is 32.2 Å². The molecule has 0 unspecified atom stereocenters. The van der Waals surface area contributed by atoms with E-state index in [4.69, 9.17) is 4.74 Å². The number of nitrogens with one attached hydrogen (secondary N) is 3. The molecule has 132 valence electrons. The van der Waals surface area contributed by atoms with Gasteiger partial charge in [-0.25, -0.2) is 0 Å². The van der Waals surface area contributed by atoms with Gasteiger partial charge in [-0.15, -0.1) is 24.0 Å². The van der Waals surface area contributed by atoms with Gasteiger partial charge in [0.05, 0.1) is 7.11 Å². The molecule has 0 amide bonds. The van der Waals surface area contributed by atoms with Crippen LogP contribution in [0.5, 0.6) is 5.75 Å². The fourth-order valence-electron chi connectivity index (χ4n) is 2.06. The van der Waals surface area contributed by atoms with E-state index in [1.54, 1.807) is 14.2 Å². The molecule has 0 aromatic heterocycles. The normalized spacial score (nSPS) is 11.6. The van der Waals surface area contributed by atoms with Crippen LogP contribution in [0.15, 0.2) is 29.3 Å². The lowest BCUT2D eigenvalue weighted by Crippen LogP contribution is -2.44. The number of benzene rings is 1. The van der Waals surface area contributed by atoms with E-state index in [1.807, 2.05) is 18.2 Å². The van der Waals surface area contributed by atoms with Gasteiger partial charge < -0.3 is 20.7 Å². The van der Waals surface area contributed by atoms with Crippen LogP contribution in [0.25, 0.3) is 0 Å². The third kappa shape index (κ3) is 9.65. The van der Waals surface area contributed by atoms with E-state index in [2.05, 4.69) is 47.8 Å². The van der Waals surface area contributed by atoms with E-state index in [1.165, 1.54) is 5.56 Å². The summed E-state index contributed by atoms with van der Waals surface area (Å²) in [6, 6.07) is 8.09. The Hall–Kier alpha value is -1.02. The van der Waals surface area contributed by atoms with Crippen molar-refractivity contribution in [2.45, 2.75) is 32.7 Å². The number of aliphatic imine (C=N–C) groups is 1. The molecule has 0 aliphatic rings. The summed E-state index contributed by atoms with van der Waals surface area (Å²) in [7, 11) is 3.49. The summed E-state index contributed by atoms with van der Waals surface area (Å²) in [6.45, 7) is 9.03. The van der Waals surface area contributed by atoms with Gasteiger partial charge in [0.2, 0.25) is 0 Å². The van der Waals surface area contributed by atoms with Gasteiger partial charge >= 0.3 is 0 Å². The number of para-hydroxylation sites is 1. The minimum atomic E-state index is 0. The molecule has 0 radical (unpaired) electrons. The van der Waals surface area contributed by atoms with Crippen molar-refractivity contribution in [3.8, 4) is 5.75 Å². The van der Waals surface area contributed by atoms with Crippen molar-refractivity contribution in [3.05, 3.63) is 29.8 Å². The molecular formula is C17H31IN4O. The lowest BCUT2D eigenvalue weighted by molar-refractivity contribution is 0.409. The molecule has 5 nitrogen and oxygen atoms in total. The lowest BCUT2D eigenvalue weighted by Gasteiger charge is -2.21. The van der Waals surface area contributed by atoms with Gasteiger partial charge in [0.15, 0.2) is 5.96 Å². The number of ether oxygens (including phenoxy) is 1. The first kappa shape index (κ1) is 22.0. The van der Waals surface area contributed by atoms with E-state index in [0.717, 1.165) is 37.8 Å². The summed E-state index contributed by atoms with van der Waals surface area (Å²) in [6.07, 6.45) is 0.894. The lowest BCUT2D eigenvalue weighted by atomic mass is 10.1. The Morgan fingerprint density at radius 2 is 1.74 bits per heavy atom. The Balaban J connectivity index is 0.00000484. The molecule has 23 heavy (non-hydrogen) atoms. The fourth-order valence-corrected chi connectivity index (χ4v) is 2.06. The summed E-state index contributed by atoms with van der Waals surface area (Å²) in [5.74, 6) is 1.76. The zero-order valence-corrected chi connectivity index (χ0v) is 17.2. The number of methoxy groups -OCH3 is 1. The highest BCUT2D eigenvalue weighted by Gasteiger charge is 2.07. The minimum absolute atomic E-state index is 0. The molecule has 1 aromatic carbocycles. The molecule has 0 saturated heterocycles. The van der Waals surface area contributed by atoms with E-state index in [9.17, 15) is 0 Å². The highest BCUT2D eigenvalue weighted by Crippen LogP contribution is 2.17. The van der Waals surface area contributed by atoms with Crippen LogP contribution in [-0.4, -0.2) is 45.3 Å². The van der Waals surface area contributed by atoms with Crippen LogP contribution in [-0.2, 0) is 6.42 Å². The highest BCUT2D eigenvalue weighted by atomic mass is 127. The summed E-state index contributed by atoms with van der Waals surface area (Å²) in [4.78, 5) is 4.23. The molecule has 0 heterocycles. The second kappa shape index (κ2) is 11.5. The third-order valence-corrected chi connectivity index (χ3v) is 3.18. The Bertz CT molecular complexity index is 472. The molecule has 3 N–H and O–H groups in total. The first-order valence-corrected chi connectivity index (χ1v) is 7.77. The van der Waals surface area contributed by atoms with Crippen molar-refractivity contribution in [2.75, 3.05) is 33.8 Å². The van der Waals surface area contributed by atoms with Gasteiger partial charge in [0.25, 0.3) is 0 Å². The quantitative estimate of drug-likeness (QED) is 0.267. The molecule has 0 aliphatic carbocycles. The second-order valence-electron chi connectivity index (χ2n) is 6.16. The highest BCUT2D eigenvalue weighted by molar-refractivity contribution is 14.0. The molecule has 0 saturated carbocycles. The largest absolute Gasteiger partial charge is 0.496 e. The van der Waals surface area contributed by atoms with Crippen molar-refractivity contribution in [2.24, 2.45) is 4.99 Å². The Labute approximate surface area is 157 Å². The van der Waals surface area contributed by atoms with Crippen LogP contribution in [0, 0.1) is 0 Å². The first-order valence-electron chi connectivity index (χ1n) is 7.77. The molecule has 0 bridgehead atoms. The van der Waals surface area contributed by atoms with Gasteiger partial charge in [0.1, 0.15) is 5.75 Å². The maximum atomic E-state index is 5.36. The predicted molar refractivity (Wildman–Crippen MR) is 109 cm³/mol. The monoisotopic (exact) mass is 434 g/mol. The predicted octanol–water partition coefficient (Wildman–Crippen LogP) is 2.41. The van der Waals surface area contributed by atoms with Gasteiger partial charge in [-0.2, -0.15) is 0 Å². The molecule has 1 rings (SSSR count). The van der Waals surface area contributed by atoms with E-state index < -0.39 is 0 Å². The molecule has 0 aliphatic heterocycles. The maximum absolute atomic E-state index is 5.36. The minimum Gasteiger partial charge on any atom is -0.496 e. The maximum Gasteiger partial charge on any atom is 0.191 e. The van der Waals surface area contributed by atoms with Crippen molar-refractivity contribution >= 4 is 29.9 Å². The summed E-state index contributed by atoms with van der Waals surface area (Å²) in [5.41, 5.74) is 1.34.